The van der Waals surface area contributed by atoms with Crippen LogP contribution in [0, 0.1) is 0 Å². The number of aliphatic hydroxyl groups is 1. The van der Waals surface area contributed by atoms with Crippen LogP contribution in [-0.4, -0.2) is 32.2 Å². The lowest BCUT2D eigenvalue weighted by molar-refractivity contribution is 0.180. The molecule has 6 nitrogen and oxygen atoms in total. The molecule has 2 atom stereocenters. The minimum atomic E-state index is -1.11. The van der Waals surface area contributed by atoms with Crippen LogP contribution in [0.5, 0.6) is 0 Å². The Morgan fingerprint density at radius 2 is 2.16 bits per heavy atom. The van der Waals surface area contributed by atoms with Crippen LogP contribution in [0.3, 0.4) is 0 Å². The first-order valence-corrected chi connectivity index (χ1v) is 6.56. The second-order valence-electron chi connectivity index (χ2n) is 6.13. The highest BCUT2D eigenvalue weighted by molar-refractivity contribution is 5.81. The quantitative estimate of drug-likeness (QED) is 0.767. The number of aromatic nitrogens is 2. The SMILES string of the molecule is CC(C)(C)n1nc(NC(=O)O)cc1C1CCC(O)C1. The van der Waals surface area contributed by atoms with E-state index in [0.717, 1.165) is 18.5 Å². The third kappa shape index (κ3) is 3.07. The largest absolute Gasteiger partial charge is 0.465 e. The molecule has 106 valence electrons. The Kier molecular flexibility index (Phi) is 3.54. The van der Waals surface area contributed by atoms with Gasteiger partial charge >= 0.3 is 6.09 Å². The molecular weight excluding hydrogens is 246 g/mol. The molecule has 2 rings (SSSR count). The third-order valence-electron chi connectivity index (χ3n) is 3.43. The van der Waals surface area contributed by atoms with E-state index in [-0.39, 0.29) is 17.6 Å². The van der Waals surface area contributed by atoms with E-state index in [4.69, 9.17) is 5.11 Å². The van der Waals surface area contributed by atoms with Gasteiger partial charge in [-0.05, 0) is 40.0 Å². The van der Waals surface area contributed by atoms with Crippen molar-refractivity contribution >= 4 is 11.9 Å². The molecule has 0 aliphatic heterocycles. The summed E-state index contributed by atoms with van der Waals surface area (Å²) < 4.78 is 1.86. The number of carboxylic acid groups (broad SMARTS) is 1. The fourth-order valence-electron chi connectivity index (χ4n) is 2.62. The monoisotopic (exact) mass is 267 g/mol. The van der Waals surface area contributed by atoms with Gasteiger partial charge in [0, 0.05) is 17.7 Å². The molecule has 3 N–H and O–H groups in total. The van der Waals surface area contributed by atoms with Crippen LogP contribution in [0.25, 0.3) is 0 Å². The summed E-state index contributed by atoms with van der Waals surface area (Å²) in [5.74, 6) is 0.588. The Balaban J connectivity index is 2.34. The van der Waals surface area contributed by atoms with Gasteiger partial charge < -0.3 is 10.2 Å². The molecule has 19 heavy (non-hydrogen) atoms. The van der Waals surface area contributed by atoms with Crippen molar-refractivity contribution in [2.45, 2.75) is 57.6 Å². The van der Waals surface area contributed by atoms with Crippen LogP contribution >= 0.6 is 0 Å². The van der Waals surface area contributed by atoms with Gasteiger partial charge in [-0.25, -0.2) is 4.79 Å². The molecule has 0 saturated heterocycles. The lowest BCUT2D eigenvalue weighted by atomic mass is 10.0. The number of hydrogen-bond acceptors (Lipinski definition) is 3. The van der Waals surface area contributed by atoms with Gasteiger partial charge in [0.05, 0.1) is 11.6 Å². The first-order chi connectivity index (χ1) is 8.77. The number of anilines is 1. The van der Waals surface area contributed by atoms with E-state index in [1.807, 2.05) is 25.5 Å². The summed E-state index contributed by atoms with van der Waals surface area (Å²) in [7, 11) is 0. The number of hydrogen-bond donors (Lipinski definition) is 3. The molecule has 0 radical (unpaired) electrons. The van der Waals surface area contributed by atoms with Gasteiger partial charge in [-0.2, -0.15) is 5.10 Å². The fourth-order valence-corrected chi connectivity index (χ4v) is 2.62. The topological polar surface area (TPSA) is 87.4 Å². The van der Waals surface area contributed by atoms with Crippen LogP contribution in [0.1, 0.15) is 51.6 Å². The van der Waals surface area contributed by atoms with Crippen LogP contribution in [0.15, 0.2) is 6.07 Å². The molecule has 1 heterocycles. The summed E-state index contributed by atoms with van der Waals surface area (Å²) in [5.41, 5.74) is 0.772. The van der Waals surface area contributed by atoms with Crippen molar-refractivity contribution < 1.29 is 15.0 Å². The van der Waals surface area contributed by atoms with Crippen molar-refractivity contribution in [3.8, 4) is 0 Å². The van der Waals surface area contributed by atoms with Crippen molar-refractivity contribution in [1.29, 1.82) is 0 Å². The lowest BCUT2D eigenvalue weighted by Crippen LogP contribution is -2.26. The zero-order valence-corrected chi connectivity index (χ0v) is 11.6. The molecule has 1 aliphatic rings. The van der Waals surface area contributed by atoms with Gasteiger partial charge in [-0.1, -0.05) is 0 Å². The molecule has 6 heteroatoms. The van der Waals surface area contributed by atoms with E-state index in [1.54, 1.807) is 6.07 Å². The Morgan fingerprint density at radius 3 is 2.63 bits per heavy atom. The number of amides is 1. The van der Waals surface area contributed by atoms with Crippen LogP contribution < -0.4 is 5.32 Å². The molecule has 1 aromatic heterocycles. The Hall–Kier alpha value is -1.56. The molecule has 1 aliphatic carbocycles. The Morgan fingerprint density at radius 1 is 1.47 bits per heavy atom. The summed E-state index contributed by atoms with van der Waals surface area (Å²) in [5, 5.41) is 25.1. The molecule has 0 bridgehead atoms. The maximum atomic E-state index is 10.7. The maximum Gasteiger partial charge on any atom is 0.410 e. The van der Waals surface area contributed by atoms with Gasteiger partial charge in [-0.3, -0.25) is 10.00 Å². The summed E-state index contributed by atoms with van der Waals surface area (Å²) >= 11 is 0. The molecule has 1 aromatic rings. The fraction of sp³-hybridized carbons (Fsp3) is 0.692. The Labute approximate surface area is 112 Å². The molecule has 0 aromatic carbocycles. The molecule has 1 fully saturated rings. The average molecular weight is 267 g/mol. The third-order valence-corrected chi connectivity index (χ3v) is 3.43. The molecular formula is C13H21N3O3. The number of aliphatic hydroxyl groups excluding tert-OH is 1. The van der Waals surface area contributed by atoms with Gasteiger partial charge in [0.15, 0.2) is 5.82 Å². The Bertz CT molecular complexity index is 476. The maximum absolute atomic E-state index is 10.7. The smallest absolute Gasteiger partial charge is 0.410 e. The lowest BCUT2D eigenvalue weighted by Gasteiger charge is -2.24. The van der Waals surface area contributed by atoms with Crippen LogP contribution in [-0.2, 0) is 5.54 Å². The predicted octanol–water partition coefficient (Wildman–Crippen LogP) is 2.36. The average Bonchev–Trinajstić information content (AvgIpc) is 2.82. The highest BCUT2D eigenvalue weighted by Crippen LogP contribution is 2.37. The first kappa shape index (κ1) is 13.9. The summed E-state index contributed by atoms with van der Waals surface area (Å²) in [4.78, 5) is 10.7. The van der Waals surface area contributed by atoms with E-state index in [2.05, 4.69) is 10.4 Å². The molecule has 2 unspecified atom stereocenters. The highest BCUT2D eigenvalue weighted by atomic mass is 16.4. The molecule has 1 saturated carbocycles. The number of carbonyl (C=O) groups is 1. The van der Waals surface area contributed by atoms with Crippen LogP contribution in [0.4, 0.5) is 10.6 Å². The first-order valence-electron chi connectivity index (χ1n) is 6.56. The van der Waals surface area contributed by atoms with Crippen LogP contribution in [0.2, 0.25) is 0 Å². The second kappa shape index (κ2) is 4.85. The van der Waals surface area contributed by atoms with E-state index in [1.165, 1.54) is 0 Å². The van der Waals surface area contributed by atoms with Crippen molar-refractivity contribution in [1.82, 2.24) is 9.78 Å². The molecule has 0 spiro atoms. The zero-order chi connectivity index (χ0) is 14.2. The summed E-state index contributed by atoms with van der Waals surface area (Å²) in [6.45, 7) is 6.08. The standard InChI is InChI=1S/C13H21N3O3/c1-13(2,3)16-10(8-4-5-9(17)6-8)7-11(15-16)14-12(18)19/h7-9,17H,4-6H2,1-3H3,(H,14,15)(H,18,19). The zero-order valence-electron chi connectivity index (χ0n) is 11.6. The van der Waals surface area contributed by atoms with Crippen molar-refractivity contribution in [2.24, 2.45) is 0 Å². The summed E-state index contributed by atoms with van der Waals surface area (Å²) in [6, 6.07) is 1.78. The van der Waals surface area contributed by atoms with E-state index in [0.29, 0.717) is 12.2 Å². The number of nitrogens with one attached hydrogen (secondary N) is 1. The normalized spacial score (nSPS) is 23.6. The summed E-state index contributed by atoms with van der Waals surface area (Å²) in [6.07, 6.45) is 1.05. The highest BCUT2D eigenvalue weighted by Gasteiger charge is 2.30. The van der Waals surface area contributed by atoms with Crippen molar-refractivity contribution in [2.75, 3.05) is 5.32 Å². The second-order valence-corrected chi connectivity index (χ2v) is 6.13. The minimum absolute atomic E-state index is 0.221. The minimum Gasteiger partial charge on any atom is -0.465 e. The van der Waals surface area contributed by atoms with Gasteiger partial charge in [0.25, 0.3) is 0 Å². The van der Waals surface area contributed by atoms with Gasteiger partial charge in [-0.15, -0.1) is 0 Å². The number of nitrogens with zero attached hydrogens (tertiary/aromatic N) is 2. The molecule has 1 amide bonds. The van der Waals surface area contributed by atoms with E-state index in [9.17, 15) is 9.90 Å². The number of rotatable bonds is 2. The van der Waals surface area contributed by atoms with E-state index >= 15 is 0 Å². The predicted molar refractivity (Wildman–Crippen MR) is 71.5 cm³/mol. The van der Waals surface area contributed by atoms with Gasteiger partial charge in [0.2, 0.25) is 0 Å². The van der Waals surface area contributed by atoms with E-state index < -0.39 is 6.09 Å². The van der Waals surface area contributed by atoms with Crippen molar-refractivity contribution in [3.05, 3.63) is 11.8 Å². The van der Waals surface area contributed by atoms with Crippen molar-refractivity contribution in [3.63, 3.8) is 0 Å². The van der Waals surface area contributed by atoms with Gasteiger partial charge in [0.1, 0.15) is 0 Å².